The number of likely N-dealkylation sites (tertiary alicyclic amines) is 1. The van der Waals surface area contributed by atoms with Gasteiger partial charge in [-0.3, -0.25) is 9.69 Å². The summed E-state index contributed by atoms with van der Waals surface area (Å²) < 4.78 is 5.61. The molecule has 0 bridgehead atoms. The second-order valence-corrected chi connectivity index (χ2v) is 8.86. The number of halogens is 1. The van der Waals surface area contributed by atoms with Crippen molar-refractivity contribution in [3.8, 4) is 11.4 Å². The van der Waals surface area contributed by atoms with Crippen LogP contribution >= 0.6 is 11.6 Å². The smallest absolute Gasteiger partial charge is 0.248 e. The normalized spacial score (nSPS) is 20.4. The molecular weight excluding hydrogens is 400 g/mol. The van der Waals surface area contributed by atoms with Crippen molar-refractivity contribution in [1.29, 1.82) is 0 Å². The molecule has 30 heavy (non-hydrogen) atoms. The number of primary amides is 1. The topological polar surface area (TPSA) is 85.3 Å². The number of nitrogens with two attached hydrogens (primary N) is 1. The zero-order valence-corrected chi connectivity index (χ0v) is 17.3. The Hall–Kier alpha value is -2.70. The Balaban J connectivity index is 1.21. The first-order valence-electron chi connectivity index (χ1n) is 10.2. The van der Waals surface area contributed by atoms with Gasteiger partial charge >= 0.3 is 0 Å². The van der Waals surface area contributed by atoms with Crippen molar-refractivity contribution in [2.24, 2.45) is 11.1 Å². The molecule has 1 aliphatic heterocycles. The second kappa shape index (κ2) is 7.52. The second-order valence-electron chi connectivity index (χ2n) is 8.43. The van der Waals surface area contributed by atoms with E-state index in [1.54, 1.807) is 6.07 Å². The maximum absolute atomic E-state index is 11.4. The van der Waals surface area contributed by atoms with Crippen molar-refractivity contribution >= 4 is 17.5 Å². The van der Waals surface area contributed by atoms with Crippen LogP contribution in [0.5, 0.6) is 0 Å². The Morgan fingerprint density at radius 3 is 2.77 bits per heavy atom. The molecule has 1 spiro atoms. The van der Waals surface area contributed by atoms with E-state index in [2.05, 4.69) is 15.0 Å². The van der Waals surface area contributed by atoms with Crippen LogP contribution in [0.3, 0.4) is 0 Å². The summed E-state index contributed by atoms with van der Waals surface area (Å²) in [6.07, 6.45) is 3.33. The van der Waals surface area contributed by atoms with Crippen LogP contribution in [0.4, 0.5) is 0 Å². The predicted molar refractivity (Wildman–Crippen MR) is 114 cm³/mol. The lowest BCUT2D eigenvalue weighted by molar-refractivity contribution is 0.1000. The van der Waals surface area contributed by atoms with Gasteiger partial charge in [0.1, 0.15) is 0 Å². The van der Waals surface area contributed by atoms with Crippen LogP contribution in [0.2, 0.25) is 5.02 Å². The van der Waals surface area contributed by atoms with Gasteiger partial charge in [0.15, 0.2) is 0 Å². The minimum absolute atomic E-state index is 0.281. The Labute approximate surface area is 180 Å². The van der Waals surface area contributed by atoms with E-state index in [4.69, 9.17) is 21.9 Å². The van der Waals surface area contributed by atoms with Gasteiger partial charge in [0.05, 0.1) is 0 Å². The standard InChI is InChI=1S/C23H23ClN4O2/c24-18-6-2-5-17(12-18)21-26-22(30-27-21)19-13-23(19)7-9-28(10-8-23)14-15-3-1-4-16(11-15)20(25)29/h1-6,11-12,19H,7-10,13-14H2,(H2,25,29)/t19-/m1/s1. The highest BCUT2D eigenvalue weighted by molar-refractivity contribution is 6.30. The van der Waals surface area contributed by atoms with E-state index in [0.29, 0.717) is 22.3 Å². The van der Waals surface area contributed by atoms with Gasteiger partial charge in [0.25, 0.3) is 0 Å². The molecule has 2 aromatic carbocycles. The number of hydrogen-bond donors (Lipinski definition) is 1. The molecule has 1 aliphatic carbocycles. The maximum atomic E-state index is 11.4. The number of hydrogen-bond acceptors (Lipinski definition) is 5. The Morgan fingerprint density at radius 2 is 2.00 bits per heavy atom. The molecule has 2 aliphatic rings. The SMILES string of the molecule is NC(=O)c1cccc(CN2CCC3(CC2)C[C@@H]3c2nc(-c3cccc(Cl)c3)no2)c1. The van der Waals surface area contributed by atoms with Crippen LogP contribution in [-0.2, 0) is 6.54 Å². The van der Waals surface area contributed by atoms with Crippen LogP contribution in [-0.4, -0.2) is 34.0 Å². The molecule has 0 unspecified atom stereocenters. The molecule has 1 amide bonds. The fourth-order valence-corrected chi connectivity index (χ4v) is 4.80. The lowest BCUT2D eigenvalue weighted by atomic mass is 9.90. The number of carbonyl (C=O) groups is 1. The number of carbonyl (C=O) groups excluding carboxylic acids is 1. The van der Waals surface area contributed by atoms with Crippen LogP contribution in [0.1, 0.15) is 47.0 Å². The van der Waals surface area contributed by atoms with Crippen LogP contribution in [0, 0.1) is 5.41 Å². The molecular formula is C23H23ClN4O2. The third-order valence-electron chi connectivity index (χ3n) is 6.48. The summed E-state index contributed by atoms with van der Waals surface area (Å²) in [4.78, 5) is 18.5. The number of aromatic nitrogens is 2. The molecule has 5 rings (SSSR count). The van der Waals surface area contributed by atoms with Gasteiger partial charge in [-0.05, 0) is 67.6 Å². The van der Waals surface area contributed by atoms with E-state index in [1.165, 1.54) is 0 Å². The number of rotatable bonds is 5. The number of benzene rings is 2. The number of nitrogens with zero attached hydrogens (tertiary/aromatic N) is 3. The Kier molecular flexibility index (Phi) is 4.83. The lowest BCUT2D eigenvalue weighted by Gasteiger charge is -2.32. The van der Waals surface area contributed by atoms with Crippen LogP contribution in [0.25, 0.3) is 11.4 Å². The summed E-state index contributed by atoms with van der Waals surface area (Å²) in [7, 11) is 0. The van der Waals surface area contributed by atoms with Gasteiger partial charge in [0, 0.05) is 28.6 Å². The first kappa shape index (κ1) is 19.3. The minimum Gasteiger partial charge on any atom is -0.366 e. The molecule has 7 heteroatoms. The first-order chi connectivity index (χ1) is 14.5. The number of amides is 1. The van der Waals surface area contributed by atoms with Crippen molar-refractivity contribution in [2.45, 2.75) is 31.7 Å². The van der Waals surface area contributed by atoms with Gasteiger partial charge in [-0.1, -0.05) is 41.0 Å². The van der Waals surface area contributed by atoms with Crippen molar-refractivity contribution in [2.75, 3.05) is 13.1 Å². The summed E-state index contributed by atoms with van der Waals surface area (Å²) in [5, 5.41) is 4.83. The predicted octanol–water partition coefficient (Wildman–Crippen LogP) is 4.26. The molecule has 1 aromatic heterocycles. The third-order valence-corrected chi connectivity index (χ3v) is 6.72. The summed E-state index contributed by atoms with van der Waals surface area (Å²) in [5.41, 5.74) is 8.24. The summed E-state index contributed by atoms with van der Waals surface area (Å²) in [6, 6.07) is 15.1. The first-order valence-corrected chi connectivity index (χ1v) is 10.6. The molecule has 1 saturated heterocycles. The highest BCUT2D eigenvalue weighted by atomic mass is 35.5. The highest BCUT2D eigenvalue weighted by Gasteiger charge is 2.58. The molecule has 3 aromatic rings. The van der Waals surface area contributed by atoms with Crippen LogP contribution < -0.4 is 5.73 Å². The van der Waals surface area contributed by atoms with Crippen molar-refractivity contribution in [1.82, 2.24) is 15.0 Å². The Morgan fingerprint density at radius 1 is 1.20 bits per heavy atom. The molecule has 2 fully saturated rings. The van der Waals surface area contributed by atoms with E-state index < -0.39 is 0 Å². The van der Waals surface area contributed by atoms with E-state index in [-0.39, 0.29) is 11.3 Å². The fourth-order valence-electron chi connectivity index (χ4n) is 4.61. The third kappa shape index (κ3) is 3.73. The zero-order chi connectivity index (χ0) is 20.7. The van der Waals surface area contributed by atoms with Gasteiger partial charge < -0.3 is 10.3 Å². The van der Waals surface area contributed by atoms with E-state index >= 15 is 0 Å². The van der Waals surface area contributed by atoms with Crippen molar-refractivity contribution in [3.63, 3.8) is 0 Å². The van der Waals surface area contributed by atoms with Gasteiger partial charge in [-0.25, -0.2) is 0 Å². The zero-order valence-electron chi connectivity index (χ0n) is 16.6. The molecule has 1 atom stereocenters. The van der Waals surface area contributed by atoms with E-state index in [9.17, 15) is 4.79 Å². The molecule has 154 valence electrons. The summed E-state index contributed by atoms with van der Waals surface area (Å²) in [6.45, 7) is 2.88. The maximum Gasteiger partial charge on any atom is 0.248 e. The van der Waals surface area contributed by atoms with E-state index in [1.807, 2.05) is 42.5 Å². The molecule has 1 saturated carbocycles. The van der Waals surface area contributed by atoms with Gasteiger partial charge in [-0.2, -0.15) is 4.98 Å². The van der Waals surface area contributed by atoms with Crippen LogP contribution in [0.15, 0.2) is 53.1 Å². The van der Waals surface area contributed by atoms with Crippen molar-refractivity contribution < 1.29 is 9.32 Å². The molecule has 2 N–H and O–H groups in total. The Bertz CT molecular complexity index is 1090. The summed E-state index contributed by atoms with van der Waals surface area (Å²) in [5.74, 6) is 1.30. The fraction of sp³-hybridized carbons (Fsp3) is 0.348. The van der Waals surface area contributed by atoms with Gasteiger partial charge in [-0.15, -0.1) is 0 Å². The lowest BCUT2D eigenvalue weighted by Crippen LogP contribution is -2.34. The minimum atomic E-state index is -0.382. The quantitative estimate of drug-likeness (QED) is 0.664. The number of piperidine rings is 1. The highest BCUT2D eigenvalue weighted by Crippen LogP contribution is 2.64. The van der Waals surface area contributed by atoms with E-state index in [0.717, 1.165) is 55.9 Å². The van der Waals surface area contributed by atoms with Gasteiger partial charge in [0.2, 0.25) is 17.6 Å². The monoisotopic (exact) mass is 422 g/mol. The molecule has 0 radical (unpaired) electrons. The summed E-state index contributed by atoms with van der Waals surface area (Å²) >= 11 is 6.08. The largest absolute Gasteiger partial charge is 0.366 e. The molecule has 6 nitrogen and oxygen atoms in total. The average Bonchev–Trinajstić information content (AvgIpc) is 3.21. The van der Waals surface area contributed by atoms with Crippen molar-refractivity contribution in [3.05, 3.63) is 70.6 Å². The molecule has 2 heterocycles. The average molecular weight is 423 g/mol.